The van der Waals surface area contributed by atoms with E-state index in [1.54, 1.807) is 0 Å². The van der Waals surface area contributed by atoms with Crippen molar-refractivity contribution in [3.63, 3.8) is 0 Å². The first kappa shape index (κ1) is 15.5. The van der Waals surface area contributed by atoms with Crippen LogP contribution < -0.4 is 5.32 Å². The molecule has 4 rings (SSSR count). The van der Waals surface area contributed by atoms with Gasteiger partial charge in [0.15, 0.2) is 11.5 Å². The lowest BCUT2D eigenvalue weighted by Gasteiger charge is -2.37. The van der Waals surface area contributed by atoms with Crippen molar-refractivity contribution >= 4 is 17.5 Å². The minimum atomic E-state index is -0.442. The minimum absolute atomic E-state index is 0.0976. The van der Waals surface area contributed by atoms with Gasteiger partial charge >= 0.3 is 0 Å². The molecule has 3 N–H and O–H groups in total. The highest BCUT2D eigenvalue weighted by atomic mass is 35.5. The van der Waals surface area contributed by atoms with Gasteiger partial charge in [-0.3, -0.25) is 4.79 Å². The topological polar surface area (TPSA) is 69.6 Å². The molecule has 4 nitrogen and oxygen atoms in total. The molecule has 0 unspecified atom stereocenters. The second-order valence-electron chi connectivity index (χ2n) is 6.81. The number of hydrogen-bond donors (Lipinski definition) is 3. The van der Waals surface area contributed by atoms with E-state index >= 15 is 0 Å². The molecule has 22 heavy (non-hydrogen) atoms. The lowest BCUT2D eigenvalue weighted by atomic mass is 9.71. The van der Waals surface area contributed by atoms with Crippen LogP contribution in [0.3, 0.4) is 0 Å². The van der Waals surface area contributed by atoms with Crippen molar-refractivity contribution in [1.29, 1.82) is 0 Å². The van der Waals surface area contributed by atoms with Gasteiger partial charge in [-0.25, -0.2) is 0 Å². The van der Waals surface area contributed by atoms with Gasteiger partial charge in [-0.1, -0.05) is 24.4 Å². The molecule has 0 aliphatic heterocycles. The van der Waals surface area contributed by atoms with Crippen molar-refractivity contribution in [2.45, 2.75) is 44.9 Å². The van der Waals surface area contributed by atoms with E-state index in [0.717, 1.165) is 5.92 Å². The van der Waals surface area contributed by atoms with E-state index in [1.165, 1.54) is 57.1 Å². The van der Waals surface area contributed by atoms with Gasteiger partial charge in [0, 0.05) is 6.54 Å². The van der Waals surface area contributed by atoms with Crippen LogP contribution in [0.5, 0.6) is 11.5 Å². The van der Waals surface area contributed by atoms with Gasteiger partial charge in [0.25, 0.3) is 5.91 Å². The number of fused-ring (bicyclic) bond motifs is 4. The maximum absolute atomic E-state index is 12.3. The first-order chi connectivity index (χ1) is 10.5. The van der Waals surface area contributed by atoms with Crippen LogP contribution in [0, 0.1) is 11.3 Å². The Morgan fingerprint density at radius 2 is 1.95 bits per heavy atom. The highest BCUT2D eigenvalue weighted by Gasteiger charge is 2.38. The first-order valence-electron chi connectivity index (χ1n) is 7.99. The molecule has 0 heterocycles. The summed E-state index contributed by atoms with van der Waals surface area (Å²) in [5.41, 5.74) is 0.435. The summed E-state index contributed by atoms with van der Waals surface area (Å²) in [6.45, 7) is 0.663. The van der Waals surface area contributed by atoms with Crippen LogP contribution >= 0.6 is 11.6 Å². The molecule has 0 radical (unpaired) electrons. The lowest BCUT2D eigenvalue weighted by molar-refractivity contribution is 0.0902. The molecule has 5 heteroatoms. The molecule has 120 valence electrons. The number of nitrogens with one attached hydrogen (secondary N) is 1. The third-order valence-corrected chi connectivity index (χ3v) is 5.83. The van der Waals surface area contributed by atoms with Gasteiger partial charge in [-0.15, -0.1) is 0 Å². The Labute approximate surface area is 135 Å². The van der Waals surface area contributed by atoms with Gasteiger partial charge < -0.3 is 15.5 Å². The van der Waals surface area contributed by atoms with E-state index in [0.29, 0.717) is 6.54 Å². The van der Waals surface area contributed by atoms with E-state index in [9.17, 15) is 15.0 Å². The number of halogens is 1. The van der Waals surface area contributed by atoms with Crippen LogP contribution in [0.2, 0.25) is 5.02 Å². The molecule has 3 saturated carbocycles. The van der Waals surface area contributed by atoms with E-state index in [-0.39, 0.29) is 27.7 Å². The summed E-state index contributed by atoms with van der Waals surface area (Å²) in [7, 11) is 0. The Hall–Kier alpha value is -1.42. The second-order valence-corrected chi connectivity index (χ2v) is 7.19. The second kappa shape index (κ2) is 5.99. The number of hydrogen-bond acceptors (Lipinski definition) is 3. The SMILES string of the molecule is O=C(NCC12CCCC(CC1)CC2)c1ccc(O)c(O)c1Cl. The number of aromatic hydroxyl groups is 2. The normalized spacial score (nSPS) is 27.4. The number of rotatable bonds is 3. The molecule has 1 aromatic rings. The molecule has 0 aromatic heterocycles. The number of carbonyl (C=O) groups excluding carboxylic acids is 1. The van der Waals surface area contributed by atoms with E-state index in [1.807, 2.05) is 0 Å². The van der Waals surface area contributed by atoms with Crippen molar-refractivity contribution < 1.29 is 15.0 Å². The van der Waals surface area contributed by atoms with Crippen molar-refractivity contribution in [3.05, 3.63) is 22.7 Å². The van der Waals surface area contributed by atoms with Gasteiger partial charge in [0.2, 0.25) is 0 Å². The predicted molar refractivity (Wildman–Crippen MR) is 85.4 cm³/mol. The summed E-state index contributed by atoms with van der Waals surface area (Å²) < 4.78 is 0. The molecule has 3 aliphatic rings. The van der Waals surface area contributed by atoms with Crippen LogP contribution in [0.1, 0.15) is 55.3 Å². The summed E-state index contributed by atoms with van der Waals surface area (Å²) in [5, 5.41) is 21.9. The quantitative estimate of drug-likeness (QED) is 0.740. The number of phenolic OH excluding ortho intramolecular Hbond substituents is 2. The van der Waals surface area contributed by atoms with Crippen LogP contribution in [0.4, 0.5) is 0 Å². The summed E-state index contributed by atoms with van der Waals surface area (Å²) in [5.74, 6) is -0.166. The van der Waals surface area contributed by atoms with Crippen LogP contribution in [-0.4, -0.2) is 22.7 Å². The average Bonchev–Trinajstić information content (AvgIpc) is 2.85. The molecule has 0 atom stereocenters. The Bertz CT molecular complexity index is 574. The fourth-order valence-corrected chi connectivity index (χ4v) is 4.20. The van der Waals surface area contributed by atoms with E-state index in [4.69, 9.17) is 11.6 Å². The molecule has 1 amide bonds. The highest BCUT2D eigenvalue weighted by molar-refractivity contribution is 6.35. The molecular formula is C17H22ClNO3. The number of amides is 1. The number of phenols is 2. The molecule has 1 aromatic carbocycles. The van der Waals surface area contributed by atoms with Crippen LogP contribution in [0.15, 0.2) is 12.1 Å². The summed E-state index contributed by atoms with van der Waals surface area (Å²) in [4.78, 5) is 12.3. The van der Waals surface area contributed by atoms with Gasteiger partial charge in [-0.05, 0) is 55.6 Å². The number of benzene rings is 1. The molecule has 0 spiro atoms. The number of carbonyl (C=O) groups is 1. The zero-order valence-corrected chi connectivity index (χ0v) is 13.3. The van der Waals surface area contributed by atoms with Crippen molar-refractivity contribution in [2.75, 3.05) is 6.54 Å². The average molecular weight is 324 g/mol. The Balaban J connectivity index is 1.69. The summed E-state index contributed by atoms with van der Waals surface area (Å²) >= 11 is 5.95. The Kier molecular flexibility index (Phi) is 4.22. The van der Waals surface area contributed by atoms with Crippen molar-refractivity contribution in [2.24, 2.45) is 11.3 Å². The summed E-state index contributed by atoms with van der Waals surface area (Å²) in [6.07, 6.45) is 8.68. The summed E-state index contributed by atoms with van der Waals surface area (Å²) in [6, 6.07) is 2.72. The third-order valence-electron chi connectivity index (χ3n) is 5.45. The van der Waals surface area contributed by atoms with Crippen molar-refractivity contribution in [3.8, 4) is 11.5 Å². The predicted octanol–water partition coefficient (Wildman–Crippen LogP) is 3.84. The van der Waals surface area contributed by atoms with Crippen molar-refractivity contribution in [1.82, 2.24) is 5.32 Å². The zero-order valence-electron chi connectivity index (χ0n) is 12.6. The minimum Gasteiger partial charge on any atom is -0.504 e. The lowest BCUT2D eigenvalue weighted by Crippen LogP contribution is -2.39. The standard InChI is InChI=1S/C17H22ClNO3/c18-14-12(3-4-13(20)15(14)21)16(22)19-10-17-7-1-2-11(5-8-17)6-9-17/h3-4,11,20-21H,1-2,5-10H2,(H,19,22). The first-order valence-corrected chi connectivity index (χ1v) is 8.37. The largest absolute Gasteiger partial charge is 0.504 e. The fraction of sp³-hybridized carbons (Fsp3) is 0.588. The molecule has 3 fully saturated rings. The van der Waals surface area contributed by atoms with Gasteiger partial charge in [-0.2, -0.15) is 0 Å². The highest BCUT2D eigenvalue weighted by Crippen LogP contribution is 2.47. The van der Waals surface area contributed by atoms with Crippen LogP contribution in [-0.2, 0) is 0 Å². The molecule has 2 bridgehead atoms. The van der Waals surface area contributed by atoms with Crippen LogP contribution in [0.25, 0.3) is 0 Å². The molecule has 3 aliphatic carbocycles. The van der Waals surface area contributed by atoms with Gasteiger partial charge in [0.05, 0.1) is 10.6 Å². The van der Waals surface area contributed by atoms with E-state index < -0.39 is 5.75 Å². The Morgan fingerprint density at radius 1 is 1.23 bits per heavy atom. The van der Waals surface area contributed by atoms with E-state index in [2.05, 4.69) is 5.32 Å². The zero-order chi connectivity index (χ0) is 15.7. The monoisotopic (exact) mass is 323 g/mol. The Morgan fingerprint density at radius 3 is 2.68 bits per heavy atom. The maximum Gasteiger partial charge on any atom is 0.252 e. The molecular weight excluding hydrogens is 302 g/mol. The smallest absolute Gasteiger partial charge is 0.252 e. The third kappa shape index (κ3) is 2.89. The fourth-order valence-electron chi connectivity index (χ4n) is 3.95. The van der Waals surface area contributed by atoms with Gasteiger partial charge in [0.1, 0.15) is 0 Å². The maximum atomic E-state index is 12.3. The molecule has 0 saturated heterocycles.